The normalized spacial score (nSPS) is 31.3. The Morgan fingerprint density at radius 3 is 2.37 bits per heavy atom. The second kappa shape index (κ2) is 22.7. The molecule has 16 nitrogen and oxygen atoms in total. The molecule has 2 heterocycles. The van der Waals surface area contributed by atoms with Crippen molar-refractivity contribution in [2.24, 2.45) is 22.7 Å². The Bertz CT molecular complexity index is 2050. The molecule has 3 unspecified atom stereocenters. The third-order valence-electron chi connectivity index (χ3n) is 15.9. The molecule has 0 spiro atoms. The van der Waals surface area contributed by atoms with E-state index < -0.39 is 42.4 Å². The number of aliphatic hydroxyl groups excluding tert-OH is 3. The van der Waals surface area contributed by atoms with Gasteiger partial charge in [0.25, 0.3) is 0 Å². The van der Waals surface area contributed by atoms with Gasteiger partial charge in [0.15, 0.2) is 24.1 Å². The van der Waals surface area contributed by atoms with E-state index in [0.717, 1.165) is 44.3 Å². The number of fused-ring (bicyclic) bond motifs is 5. The quantitative estimate of drug-likeness (QED) is 0.0595. The summed E-state index contributed by atoms with van der Waals surface area (Å²) in [7, 11) is 1.74. The Labute approximate surface area is 401 Å². The monoisotopic (exact) mass is 952 g/mol. The van der Waals surface area contributed by atoms with Crippen LogP contribution in [0.1, 0.15) is 116 Å². The molecule has 7 rings (SSSR count). The maximum Gasteiger partial charge on any atom is 0.223 e. The summed E-state index contributed by atoms with van der Waals surface area (Å²) in [4.78, 5) is 52.8. The maximum absolute atomic E-state index is 13.0. The average Bonchev–Trinajstić information content (AvgIpc) is 3.94. The zero-order valence-corrected chi connectivity index (χ0v) is 41.3. The molecule has 378 valence electrons. The molecule has 1 aromatic rings. The van der Waals surface area contributed by atoms with E-state index in [9.17, 15) is 34.5 Å². The van der Waals surface area contributed by atoms with Crippen molar-refractivity contribution in [2.45, 2.75) is 155 Å². The van der Waals surface area contributed by atoms with Gasteiger partial charge < -0.3 is 59.3 Å². The van der Waals surface area contributed by atoms with Crippen molar-refractivity contribution in [3.05, 3.63) is 51.6 Å². The lowest BCUT2D eigenvalue weighted by molar-refractivity contribution is -0.278. The number of aryl methyl sites for hydroxylation is 1. The predicted octanol–water partition coefficient (Wildman–Crippen LogP) is 4.06. The minimum atomic E-state index is -1.12. The largest absolute Gasteiger partial charge is 0.494 e. The minimum absolute atomic E-state index is 0.000262. The number of Topliss-reactive ketones (excluding diaryl/α,β-unsaturated/α-hetero) is 2. The van der Waals surface area contributed by atoms with Crippen LogP contribution in [0.15, 0.2) is 40.5 Å². The summed E-state index contributed by atoms with van der Waals surface area (Å²) in [5, 5.41) is 37.0. The fraction of sp³-hybridized carbons (Fsp3) is 0.731. The predicted molar refractivity (Wildman–Crippen MR) is 251 cm³/mol. The number of carbonyl (C=O) groups excluding carboxylic acids is 4. The molecule has 2 aliphatic heterocycles. The van der Waals surface area contributed by atoms with Crippen LogP contribution in [0.2, 0.25) is 0 Å². The molecule has 68 heavy (non-hydrogen) atoms. The van der Waals surface area contributed by atoms with Crippen LogP contribution in [0.3, 0.4) is 0 Å². The number of benzene rings is 1. The number of allylic oxidation sites excluding steroid dienone is 4. The number of likely N-dealkylation sites (N-methyl/N-ethyl adjacent to an activating group) is 1. The SMILES string of the molecule is CC1=C(C)C(=O)C(C(C)(C)CC(=O)N(C)CCNCCOCCOCCC(=O)NCCCOc2ccc3c(c2)CC[C@@H]2[C@@H]3CC[C@]3(C)[C@@H](OC4C[C@H](O)C(O)[C@H](C5O[C@@H]5O)O4)CC[C@@H]23)=C(C)C1=O. The molecule has 16 heteroatoms. The van der Waals surface area contributed by atoms with Crippen LogP contribution in [0.5, 0.6) is 5.75 Å². The van der Waals surface area contributed by atoms with Gasteiger partial charge in [0, 0.05) is 80.2 Å². The number of hydrogen-bond acceptors (Lipinski definition) is 14. The van der Waals surface area contributed by atoms with Crippen molar-refractivity contribution in [1.82, 2.24) is 15.5 Å². The van der Waals surface area contributed by atoms with Gasteiger partial charge in [0.2, 0.25) is 11.8 Å². The second-order valence-corrected chi connectivity index (χ2v) is 20.9. The van der Waals surface area contributed by atoms with E-state index in [-0.39, 0.29) is 54.2 Å². The highest BCUT2D eigenvalue weighted by atomic mass is 16.7. The van der Waals surface area contributed by atoms with E-state index in [1.54, 1.807) is 32.7 Å². The minimum Gasteiger partial charge on any atom is -0.494 e. The number of nitrogens with one attached hydrogen (secondary N) is 2. The first-order chi connectivity index (χ1) is 32.4. The van der Waals surface area contributed by atoms with E-state index in [1.165, 1.54) is 11.1 Å². The molecule has 0 bridgehead atoms. The molecular weight excluding hydrogens is 875 g/mol. The van der Waals surface area contributed by atoms with Gasteiger partial charge in [-0.05, 0) is 112 Å². The van der Waals surface area contributed by atoms with E-state index in [1.807, 2.05) is 13.8 Å². The average molecular weight is 952 g/mol. The first kappa shape index (κ1) is 52.2. The Morgan fingerprint density at radius 2 is 1.62 bits per heavy atom. The van der Waals surface area contributed by atoms with Gasteiger partial charge in [-0.15, -0.1) is 0 Å². The first-order valence-electron chi connectivity index (χ1n) is 25.0. The van der Waals surface area contributed by atoms with Crippen LogP contribution in [-0.4, -0.2) is 153 Å². The molecule has 11 atom stereocenters. The van der Waals surface area contributed by atoms with E-state index in [4.69, 9.17) is 28.4 Å². The topological polar surface area (TPSA) is 215 Å². The molecule has 4 aliphatic carbocycles. The van der Waals surface area contributed by atoms with Crippen molar-refractivity contribution in [1.29, 1.82) is 0 Å². The standard InChI is InChI=1S/C52H77N3O13/c1-30-31(2)46(60)44(32(3)45(30)59)51(4,5)29-42(58)55(7)21-19-53-20-24-64-26-25-63-23-16-41(57)54-18-8-22-65-34-10-12-35-33(27-34)9-11-37-36(35)15-17-52(6)38(37)13-14-40(52)66-43-28-39(56)47(61)48(67-43)49-50(62)68-49/h10,12,27,36-40,43,47-50,53,56,61-62H,8-9,11,13-26,28-29H2,1-7H3,(H,54,57)/t36-,37-,38+,39+,40+,43?,47?,48-,49?,50+,52+/m1/s1. The highest BCUT2D eigenvalue weighted by Gasteiger charge is 2.57. The Morgan fingerprint density at radius 1 is 0.882 bits per heavy atom. The summed E-state index contributed by atoms with van der Waals surface area (Å²) in [5.41, 5.74) is 3.80. The van der Waals surface area contributed by atoms with Crippen molar-refractivity contribution < 1.29 is 62.9 Å². The lowest BCUT2D eigenvalue weighted by Crippen LogP contribution is -2.53. The summed E-state index contributed by atoms with van der Waals surface area (Å²) in [5.74, 6) is 2.00. The maximum atomic E-state index is 13.0. The van der Waals surface area contributed by atoms with Crippen LogP contribution in [-0.2, 0) is 49.3 Å². The fourth-order valence-electron chi connectivity index (χ4n) is 11.8. The lowest BCUT2D eigenvalue weighted by Gasteiger charge is -2.51. The van der Waals surface area contributed by atoms with Crippen molar-refractivity contribution in [2.75, 3.05) is 66.3 Å². The first-order valence-corrected chi connectivity index (χ1v) is 25.0. The van der Waals surface area contributed by atoms with Crippen LogP contribution in [0, 0.1) is 22.7 Å². The Balaban J connectivity index is 0.701. The highest BCUT2D eigenvalue weighted by molar-refractivity contribution is 6.25. The number of hydrogen-bond donors (Lipinski definition) is 5. The summed E-state index contributed by atoms with van der Waals surface area (Å²) >= 11 is 0. The molecule has 4 fully saturated rings. The van der Waals surface area contributed by atoms with Crippen LogP contribution in [0.4, 0.5) is 0 Å². The molecule has 2 amide bonds. The highest BCUT2D eigenvalue weighted by Crippen LogP contribution is 2.62. The zero-order valence-electron chi connectivity index (χ0n) is 41.3. The molecule has 6 aliphatic rings. The van der Waals surface area contributed by atoms with E-state index in [0.29, 0.717) is 106 Å². The fourth-order valence-corrected chi connectivity index (χ4v) is 11.8. The summed E-state index contributed by atoms with van der Waals surface area (Å²) < 4.78 is 35.2. The van der Waals surface area contributed by atoms with Gasteiger partial charge in [-0.25, -0.2) is 0 Å². The summed E-state index contributed by atoms with van der Waals surface area (Å²) in [6.07, 6.45) is 2.36. The number of aliphatic hydroxyl groups is 3. The summed E-state index contributed by atoms with van der Waals surface area (Å²) in [6, 6.07) is 6.55. The second-order valence-electron chi connectivity index (χ2n) is 20.9. The van der Waals surface area contributed by atoms with Gasteiger partial charge in [0.1, 0.15) is 24.1 Å². The molecule has 2 saturated carbocycles. The number of rotatable bonds is 23. The number of amides is 2. The van der Waals surface area contributed by atoms with Gasteiger partial charge in [-0.3, -0.25) is 19.2 Å². The molecule has 1 aromatic carbocycles. The van der Waals surface area contributed by atoms with Gasteiger partial charge in [-0.2, -0.15) is 0 Å². The lowest BCUT2D eigenvalue weighted by atomic mass is 9.55. The third kappa shape index (κ3) is 11.9. The van der Waals surface area contributed by atoms with Crippen molar-refractivity contribution in [3.63, 3.8) is 0 Å². The number of ether oxygens (including phenoxy) is 6. The van der Waals surface area contributed by atoms with Crippen LogP contribution < -0.4 is 15.4 Å². The number of carbonyl (C=O) groups is 4. The van der Waals surface area contributed by atoms with E-state index in [2.05, 4.69) is 35.8 Å². The third-order valence-corrected chi connectivity index (χ3v) is 15.9. The number of epoxide rings is 1. The zero-order chi connectivity index (χ0) is 48.9. The molecule has 5 N–H and O–H groups in total. The Hall–Kier alpha value is -3.58. The molecule has 0 aromatic heterocycles. The van der Waals surface area contributed by atoms with Crippen LogP contribution in [0.25, 0.3) is 0 Å². The molecule has 0 radical (unpaired) electrons. The molecular formula is C52H77N3O13. The van der Waals surface area contributed by atoms with Gasteiger partial charge in [-0.1, -0.05) is 26.8 Å². The Kier molecular flexibility index (Phi) is 17.4. The number of ketones is 2. The molecule has 2 saturated heterocycles. The van der Waals surface area contributed by atoms with E-state index >= 15 is 0 Å². The van der Waals surface area contributed by atoms with Crippen molar-refractivity contribution in [3.8, 4) is 5.75 Å². The summed E-state index contributed by atoms with van der Waals surface area (Å²) in [6.45, 7) is 15.3. The number of nitrogens with zero attached hydrogens (tertiary/aromatic N) is 1. The van der Waals surface area contributed by atoms with Gasteiger partial charge in [0.05, 0.1) is 45.2 Å². The van der Waals surface area contributed by atoms with Gasteiger partial charge >= 0.3 is 0 Å². The smallest absolute Gasteiger partial charge is 0.223 e. The van der Waals surface area contributed by atoms with Crippen molar-refractivity contribution >= 4 is 23.4 Å². The van der Waals surface area contributed by atoms with Crippen LogP contribution >= 0.6 is 0 Å².